The number of hydrogen-bond donors (Lipinski definition) is 1. The molecule has 0 atom stereocenters. The van der Waals surface area contributed by atoms with Crippen LogP contribution in [0.3, 0.4) is 0 Å². The molecule has 0 amide bonds. The Labute approximate surface area is 184 Å². The maximum Gasteiger partial charge on any atom is 0.173 e. The normalized spacial score (nSPS) is 12.2. The summed E-state index contributed by atoms with van der Waals surface area (Å²) in [7, 11) is -3.35. The Bertz CT molecular complexity index is 743. The highest BCUT2D eigenvalue weighted by atomic mass is 28.4. The Morgan fingerprint density at radius 1 is 0.767 bits per heavy atom. The fourth-order valence-electron chi connectivity index (χ4n) is 3.77. The zero-order valence-electron chi connectivity index (χ0n) is 19.2. The first kappa shape index (κ1) is 24.8. The fraction of sp³-hybridized carbons (Fsp3) is 0.500. The van der Waals surface area contributed by atoms with E-state index in [0.29, 0.717) is 6.61 Å². The predicted molar refractivity (Wildman–Crippen MR) is 129 cm³/mol. The van der Waals surface area contributed by atoms with Gasteiger partial charge in [0.1, 0.15) is 12.4 Å². The molecule has 0 saturated carbocycles. The van der Waals surface area contributed by atoms with Crippen molar-refractivity contribution in [2.45, 2.75) is 71.1 Å². The van der Waals surface area contributed by atoms with Crippen LogP contribution in [0.1, 0.15) is 29.5 Å². The van der Waals surface area contributed by atoms with E-state index in [9.17, 15) is 0 Å². The minimum Gasteiger partial charge on any atom is -0.494 e. The highest BCUT2D eigenvalue weighted by Gasteiger charge is 2.32. The summed E-state index contributed by atoms with van der Waals surface area (Å²) in [5.74, 6) is 0.850. The van der Waals surface area contributed by atoms with Crippen molar-refractivity contribution in [1.82, 2.24) is 0 Å². The Kier molecular flexibility index (Phi) is 9.77. The minimum atomic E-state index is -1.70. The third-order valence-corrected chi connectivity index (χ3v) is 12.8. The van der Waals surface area contributed by atoms with E-state index < -0.39 is 16.6 Å². The van der Waals surface area contributed by atoms with Crippen molar-refractivity contribution >= 4 is 16.6 Å². The van der Waals surface area contributed by atoms with Crippen LogP contribution in [-0.2, 0) is 22.0 Å². The van der Waals surface area contributed by atoms with Crippen LogP contribution in [0.2, 0.25) is 38.3 Å². The molecule has 0 saturated heterocycles. The largest absolute Gasteiger partial charge is 0.494 e. The van der Waals surface area contributed by atoms with Crippen LogP contribution in [0.5, 0.6) is 5.75 Å². The molecule has 0 radical (unpaired) electrons. The van der Waals surface area contributed by atoms with Crippen molar-refractivity contribution in [1.29, 1.82) is 0 Å². The van der Waals surface area contributed by atoms with Crippen LogP contribution < -0.4 is 4.74 Å². The zero-order chi connectivity index (χ0) is 22.0. The lowest BCUT2D eigenvalue weighted by molar-refractivity contribution is -0.253. The van der Waals surface area contributed by atoms with E-state index in [-0.39, 0.29) is 6.61 Å². The second kappa shape index (κ2) is 11.8. The summed E-state index contributed by atoms with van der Waals surface area (Å²) in [5, 5.41) is 8.49. The van der Waals surface area contributed by atoms with Crippen LogP contribution in [0, 0.1) is 6.92 Å². The van der Waals surface area contributed by atoms with E-state index in [1.165, 1.54) is 23.6 Å². The molecule has 30 heavy (non-hydrogen) atoms. The maximum atomic E-state index is 8.49. The number of ether oxygens (including phenoxy) is 1. The van der Waals surface area contributed by atoms with Gasteiger partial charge in [0.25, 0.3) is 0 Å². The highest BCUT2D eigenvalue weighted by Crippen LogP contribution is 2.25. The van der Waals surface area contributed by atoms with Gasteiger partial charge in [0.2, 0.25) is 0 Å². The molecule has 0 bridgehead atoms. The summed E-state index contributed by atoms with van der Waals surface area (Å²) >= 11 is 0. The molecule has 2 rings (SSSR count). The molecule has 0 aromatic heterocycles. The van der Waals surface area contributed by atoms with E-state index in [0.717, 1.165) is 30.2 Å². The molecular formula is C24H38O4Si2. The molecule has 166 valence electrons. The predicted octanol–water partition coefficient (Wildman–Crippen LogP) is 6.81. The summed E-state index contributed by atoms with van der Waals surface area (Å²) < 4.78 is 12.6. The lowest BCUT2D eigenvalue weighted by Gasteiger charge is -2.34. The minimum absolute atomic E-state index is 0.197. The van der Waals surface area contributed by atoms with E-state index in [1.807, 2.05) is 24.3 Å². The Hall–Kier alpha value is -1.45. The Balaban J connectivity index is 1.68. The van der Waals surface area contributed by atoms with Crippen molar-refractivity contribution in [3.63, 3.8) is 0 Å². The van der Waals surface area contributed by atoms with Crippen LogP contribution >= 0.6 is 0 Å². The molecule has 0 spiro atoms. The molecule has 1 N–H and O–H groups in total. The highest BCUT2D eigenvalue weighted by molar-refractivity contribution is 6.84. The maximum absolute atomic E-state index is 8.49. The Morgan fingerprint density at radius 2 is 1.33 bits per heavy atom. The topological polar surface area (TPSA) is 47.9 Å². The quantitative estimate of drug-likeness (QED) is 0.159. The third kappa shape index (κ3) is 9.58. The van der Waals surface area contributed by atoms with Crippen LogP contribution in [0.4, 0.5) is 0 Å². The van der Waals surface area contributed by atoms with Gasteiger partial charge in [-0.3, -0.25) is 5.26 Å². The van der Waals surface area contributed by atoms with Gasteiger partial charge in [-0.05, 0) is 87.7 Å². The molecule has 0 aliphatic heterocycles. The van der Waals surface area contributed by atoms with Gasteiger partial charge in [0.05, 0.1) is 6.61 Å². The van der Waals surface area contributed by atoms with Crippen molar-refractivity contribution in [2.24, 2.45) is 0 Å². The molecule has 2 aromatic rings. The third-order valence-electron chi connectivity index (χ3n) is 5.26. The van der Waals surface area contributed by atoms with Crippen LogP contribution in [0.25, 0.3) is 0 Å². The lowest BCUT2D eigenvalue weighted by Crippen LogP contribution is -2.44. The van der Waals surface area contributed by atoms with Crippen LogP contribution in [-0.4, -0.2) is 28.5 Å². The second-order valence-corrected chi connectivity index (χ2v) is 18.2. The van der Waals surface area contributed by atoms with Gasteiger partial charge in [-0.2, -0.15) is 0 Å². The van der Waals surface area contributed by atoms with Gasteiger partial charge in [-0.15, -0.1) is 0 Å². The van der Waals surface area contributed by atoms with E-state index >= 15 is 0 Å². The monoisotopic (exact) mass is 446 g/mol. The number of hydrogen-bond acceptors (Lipinski definition) is 4. The average molecular weight is 447 g/mol. The molecular weight excluding hydrogens is 408 g/mol. The van der Waals surface area contributed by atoms with Gasteiger partial charge in [-0.25, -0.2) is 4.89 Å². The molecule has 0 unspecified atom stereocenters. The molecule has 4 nitrogen and oxygen atoms in total. The van der Waals surface area contributed by atoms with E-state index in [4.69, 9.17) is 14.1 Å². The number of benzene rings is 2. The smallest absolute Gasteiger partial charge is 0.173 e. The van der Waals surface area contributed by atoms with Gasteiger partial charge < -0.3 is 8.85 Å². The van der Waals surface area contributed by atoms with Crippen molar-refractivity contribution < 1.29 is 19.0 Å². The van der Waals surface area contributed by atoms with Gasteiger partial charge >= 0.3 is 0 Å². The van der Waals surface area contributed by atoms with Gasteiger partial charge in [0, 0.05) is 0 Å². The summed E-state index contributed by atoms with van der Waals surface area (Å²) in [6.45, 7) is 12.4. The zero-order valence-corrected chi connectivity index (χ0v) is 21.2. The average Bonchev–Trinajstić information content (AvgIpc) is 2.67. The second-order valence-electron chi connectivity index (χ2n) is 9.33. The van der Waals surface area contributed by atoms with E-state index in [2.05, 4.69) is 62.3 Å². The van der Waals surface area contributed by atoms with Crippen molar-refractivity contribution in [2.75, 3.05) is 6.61 Å². The SMILES string of the molecule is Cc1ccc(CCC[Si](C)(C)O[Si](C)(C)CCCOc2ccc(COO)cc2)cc1. The lowest BCUT2D eigenvalue weighted by atomic mass is 10.1. The first-order valence-electron chi connectivity index (χ1n) is 10.9. The molecule has 2 aromatic carbocycles. The summed E-state index contributed by atoms with van der Waals surface area (Å²) in [4.78, 5) is 4.15. The molecule has 0 heterocycles. The fourth-order valence-corrected chi connectivity index (χ4v) is 12.6. The molecule has 0 fully saturated rings. The summed E-state index contributed by atoms with van der Waals surface area (Å²) in [6.07, 6.45) is 3.35. The van der Waals surface area contributed by atoms with Crippen molar-refractivity contribution in [3.05, 3.63) is 65.2 Å². The molecule has 0 aliphatic rings. The summed E-state index contributed by atoms with van der Waals surface area (Å²) in [5.41, 5.74) is 3.67. The standard InChI is InChI=1S/C24H38O4Si2/c1-21-9-11-22(12-10-21)8-6-18-29(2,3)28-30(4,5)19-7-17-26-24-15-13-23(14-16-24)20-27-25/h9-16,25H,6-8,17-20H2,1-5H3. The van der Waals surface area contributed by atoms with Crippen molar-refractivity contribution in [3.8, 4) is 5.75 Å². The van der Waals surface area contributed by atoms with Gasteiger partial charge in [-0.1, -0.05) is 42.0 Å². The number of rotatable bonds is 13. The van der Waals surface area contributed by atoms with E-state index in [1.54, 1.807) is 0 Å². The van der Waals surface area contributed by atoms with Gasteiger partial charge in [0.15, 0.2) is 16.6 Å². The Morgan fingerprint density at radius 3 is 1.93 bits per heavy atom. The first-order valence-corrected chi connectivity index (χ1v) is 17.2. The number of aryl methyl sites for hydroxylation is 2. The first-order chi connectivity index (χ1) is 14.2. The summed E-state index contributed by atoms with van der Waals surface area (Å²) in [6, 6.07) is 18.8. The van der Waals surface area contributed by atoms with Crippen LogP contribution in [0.15, 0.2) is 48.5 Å². The molecule has 0 aliphatic carbocycles. The molecule has 6 heteroatoms.